The molecule has 0 atom stereocenters. The fourth-order valence-corrected chi connectivity index (χ4v) is 10.5. The van der Waals surface area contributed by atoms with Crippen LogP contribution in [0, 0.1) is 0 Å². The summed E-state index contributed by atoms with van der Waals surface area (Å²) < 4.78 is 7.43. The lowest BCUT2D eigenvalue weighted by Crippen LogP contribution is -2.05. The minimum Gasteiger partial charge on any atom is -0.309 e. The molecule has 4 heterocycles. The second-order valence-corrected chi connectivity index (χ2v) is 15.2. The van der Waals surface area contributed by atoms with Crippen molar-refractivity contribution in [3.63, 3.8) is 0 Å². The number of fused-ring (bicyclic) bond motifs is 5. The number of aromatic nitrogens is 4. The van der Waals surface area contributed by atoms with Crippen molar-refractivity contribution in [2.24, 2.45) is 0 Å². The van der Waals surface area contributed by atoms with Crippen molar-refractivity contribution in [1.29, 1.82) is 0 Å². The van der Waals surface area contributed by atoms with Gasteiger partial charge in [0.1, 0.15) is 5.69 Å². The fraction of sp³-hybridized carbons (Fsp3) is 0. The summed E-state index contributed by atoms with van der Waals surface area (Å²) in [4.78, 5) is 11.1. The van der Waals surface area contributed by atoms with E-state index in [4.69, 9.17) is 9.97 Å². The van der Waals surface area contributed by atoms with Gasteiger partial charge >= 0.3 is 0 Å². The van der Waals surface area contributed by atoms with E-state index in [9.17, 15) is 0 Å². The van der Waals surface area contributed by atoms with Crippen molar-refractivity contribution in [2.75, 3.05) is 0 Å². The molecule has 0 bridgehead atoms. The number of hydrogen-bond donors (Lipinski definition) is 0. The van der Waals surface area contributed by atoms with Crippen LogP contribution in [0.5, 0.6) is 0 Å². The van der Waals surface area contributed by atoms with Gasteiger partial charge in [-0.3, -0.25) is 4.57 Å². The first-order valence-electron chi connectivity index (χ1n) is 18.0. The molecule has 5 heteroatoms. The molecule has 53 heavy (non-hydrogen) atoms. The Morgan fingerprint density at radius 1 is 0.396 bits per heavy atom. The van der Waals surface area contributed by atoms with E-state index in [1.54, 1.807) is 0 Å². The lowest BCUT2D eigenvalue weighted by molar-refractivity contribution is 1.08. The van der Waals surface area contributed by atoms with Gasteiger partial charge in [0.25, 0.3) is 0 Å². The Balaban J connectivity index is 1.25. The molecule has 0 spiro atoms. The highest BCUT2D eigenvalue weighted by Gasteiger charge is 2.28. The SMILES string of the molecule is c1ccc(-n2c3ccccc3c3cccc(-c4nc5ccccc5nc4-n4c5ccc6cccc7c6c5c5c6c(ccc54)sc4cccc-7c46)c32)cc1. The number of hydrogen-bond acceptors (Lipinski definition) is 3. The largest absolute Gasteiger partial charge is 0.309 e. The van der Waals surface area contributed by atoms with Gasteiger partial charge in [-0.05, 0) is 76.5 Å². The average Bonchev–Trinajstić information content (AvgIpc) is 3.85. The second kappa shape index (κ2) is 9.94. The predicted molar refractivity (Wildman–Crippen MR) is 223 cm³/mol. The lowest BCUT2D eigenvalue weighted by atomic mass is 9.95. The second-order valence-electron chi connectivity index (χ2n) is 14.1. The van der Waals surface area contributed by atoms with E-state index in [-0.39, 0.29) is 0 Å². The number of benzene rings is 8. The van der Waals surface area contributed by atoms with Crippen LogP contribution in [0.1, 0.15) is 0 Å². The van der Waals surface area contributed by atoms with Crippen molar-refractivity contribution in [1.82, 2.24) is 19.1 Å². The van der Waals surface area contributed by atoms with Crippen LogP contribution in [0.25, 0.3) is 119 Å². The zero-order valence-electron chi connectivity index (χ0n) is 28.2. The van der Waals surface area contributed by atoms with Crippen molar-refractivity contribution >= 4 is 96.9 Å². The molecule has 12 aromatic rings. The van der Waals surface area contributed by atoms with Crippen LogP contribution in [0.3, 0.4) is 0 Å². The van der Waals surface area contributed by atoms with Crippen LogP contribution in [0.2, 0.25) is 0 Å². The van der Waals surface area contributed by atoms with Gasteiger partial charge in [0, 0.05) is 53.0 Å². The Bertz CT molecular complexity index is 3570. The number of para-hydroxylation sites is 5. The predicted octanol–water partition coefficient (Wildman–Crippen LogP) is 13.0. The van der Waals surface area contributed by atoms with E-state index in [1.165, 1.54) is 63.6 Å². The van der Waals surface area contributed by atoms with Crippen molar-refractivity contribution in [3.8, 4) is 33.9 Å². The van der Waals surface area contributed by atoms with Crippen LogP contribution < -0.4 is 0 Å². The maximum Gasteiger partial charge on any atom is 0.165 e. The Morgan fingerprint density at radius 2 is 1.06 bits per heavy atom. The highest BCUT2D eigenvalue weighted by atomic mass is 32.1. The third-order valence-electron chi connectivity index (χ3n) is 11.4. The molecule has 244 valence electrons. The van der Waals surface area contributed by atoms with Crippen molar-refractivity contribution < 1.29 is 0 Å². The first-order valence-corrected chi connectivity index (χ1v) is 18.8. The fourth-order valence-electron chi connectivity index (χ4n) is 9.33. The first-order chi connectivity index (χ1) is 26.3. The first kappa shape index (κ1) is 27.8. The Hall–Kier alpha value is -6.82. The lowest BCUT2D eigenvalue weighted by Gasteiger charge is -2.16. The standard InChI is InChI=1S/C48H26N4S/c1-2-12-28(13-3-1)51-36-21-7-4-14-29(36)32-17-9-18-33(47(32)51)46-48(50-35-20-6-5-19-34(35)49-46)52-37-24-23-27-11-8-15-30-31-16-10-22-39-42(31)45-40(53-39)26-25-38(52)44(45)43(37)41(27)30/h1-26H. The molecule has 0 radical (unpaired) electrons. The minimum atomic E-state index is 0.831. The number of nitrogens with zero attached hydrogens (tertiary/aromatic N) is 4. The molecule has 1 aliphatic rings. The molecular formula is C48H26N4S. The van der Waals surface area contributed by atoms with Crippen LogP contribution in [0.4, 0.5) is 0 Å². The molecule has 0 aliphatic heterocycles. The molecule has 0 saturated carbocycles. The zero-order chi connectivity index (χ0) is 34.4. The number of rotatable bonds is 3. The minimum absolute atomic E-state index is 0.831. The Kier molecular flexibility index (Phi) is 5.22. The number of thiophene rings is 1. The molecule has 0 saturated heterocycles. The third-order valence-corrected chi connectivity index (χ3v) is 12.5. The molecular weight excluding hydrogens is 665 g/mol. The van der Waals surface area contributed by atoms with E-state index in [0.717, 1.165) is 55.9 Å². The quantitative estimate of drug-likeness (QED) is 0.185. The van der Waals surface area contributed by atoms with Crippen molar-refractivity contribution in [3.05, 3.63) is 158 Å². The summed E-state index contributed by atoms with van der Waals surface area (Å²) in [5.41, 5.74) is 11.9. The van der Waals surface area contributed by atoms with E-state index in [1.807, 2.05) is 11.3 Å². The normalized spacial score (nSPS) is 12.5. The van der Waals surface area contributed by atoms with E-state index < -0.39 is 0 Å². The van der Waals surface area contributed by atoms with Gasteiger partial charge in [-0.2, -0.15) is 0 Å². The summed E-state index contributed by atoms with van der Waals surface area (Å²) in [6, 6.07) is 57.1. The van der Waals surface area contributed by atoms with Gasteiger partial charge in [0.15, 0.2) is 5.82 Å². The maximum atomic E-state index is 5.57. The van der Waals surface area contributed by atoms with E-state index in [0.29, 0.717) is 0 Å². The molecule has 4 aromatic heterocycles. The zero-order valence-corrected chi connectivity index (χ0v) is 29.0. The summed E-state index contributed by atoms with van der Waals surface area (Å²) >= 11 is 1.89. The van der Waals surface area contributed by atoms with Crippen LogP contribution in [0.15, 0.2) is 158 Å². The average molecular weight is 691 g/mol. The highest BCUT2D eigenvalue weighted by Crippen LogP contribution is 2.52. The van der Waals surface area contributed by atoms with Crippen LogP contribution in [-0.4, -0.2) is 19.1 Å². The van der Waals surface area contributed by atoms with Gasteiger partial charge < -0.3 is 4.57 Å². The summed E-state index contributed by atoms with van der Waals surface area (Å²) in [6.07, 6.45) is 0. The van der Waals surface area contributed by atoms with Gasteiger partial charge in [0.05, 0.1) is 33.1 Å². The molecule has 4 nitrogen and oxygen atoms in total. The van der Waals surface area contributed by atoms with E-state index in [2.05, 4.69) is 167 Å². The summed E-state index contributed by atoms with van der Waals surface area (Å²) in [5, 5.41) is 10.2. The highest BCUT2D eigenvalue weighted by molar-refractivity contribution is 7.26. The molecule has 8 aromatic carbocycles. The summed E-state index contributed by atoms with van der Waals surface area (Å²) in [7, 11) is 0. The third kappa shape index (κ3) is 3.50. The van der Waals surface area contributed by atoms with Crippen LogP contribution >= 0.6 is 11.3 Å². The van der Waals surface area contributed by atoms with Gasteiger partial charge in [-0.15, -0.1) is 11.3 Å². The molecule has 13 rings (SSSR count). The molecule has 1 aliphatic carbocycles. The summed E-state index contributed by atoms with van der Waals surface area (Å²) in [5.74, 6) is 0.831. The summed E-state index contributed by atoms with van der Waals surface area (Å²) in [6.45, 7) is 0. The van der Waals surface area contributed by atoms with Crippen molar-refractivity contribution in [2.45, 2.75) is 0 Å². The Morgan fingerprint density at radius 3 is 1.94 bits per heavy atom. The van der Waals surface area contributed by atoms with Gasteiger partial charge in [-0.25, -0.2) is 9.97 Å². The monoisotopic (exact) mass is 690 g/mol. The molecule has 0 amide bonds. The van der Waals surface area contributed by atoms with Crippen LogP contribution in [-0.2, 0) is 0 Å². The van der Waals surface area contributed by atoms with Gasteiger partial charge in [-0.1, -0.05) is 103 Å². The van der Waals surface area contributed by atoms with Gasteiger partial charge in [0.2, 0.25) is 0 Å². The van der Waals surface area contributed by atoms with E-state index >= 15 is 0 Å². The topological polar surface area (TPSA) is 35.6 Å². The molecule has 0 unspecified atom stereocenters. The molecule has 0 N–H and O–H groups in total. The Labute approximate surface area is 306 Å². The molecule has 0 fully saturated rings. The maximum absolute atomic E-state index is 5.57. The smallest absolute Gasteiger partial charge is 0.165 e.